The van der Waals surface area contributed by atoms with E-state index in [4.69, 9.17) is 14.2 Å². The molecule has 6 heteroatoms. The normalized spacial score (nSPS) is 12.6. The fourth-order valence-electron chi connectivity index (χ4n) is 7.07. The molecule has 0 bridgehead atoms. The zero-order valence-corrected chi connectivity index (χ0v) is 36.8. The Morgan fingerprint density at radius 3 is 1.06 bits per heavy atom. The molecule has 0 aliphatic carbocycles. The first-order valence-corrected chi connectivity index (χ1v) is 23.8. The number of ether oxygens (including phenoxy) is 3. The predicted octanol–water partition coefficient (Wildman–Crippen LogP) is 15.0. The smallest absolute Gasteiger partial charge is 0.306 e. The van der Waals surface area contributed by atoms with Crippen molar-refractivity contribution >= 4 is 17.9 Å². The van der Waals surface area contributed by atoms with Crippen molar-refractivity contribution < 1.29 is 28.6 Å². The molecule has 0 heterocycles. The Morgan fingerprint density at radius 2 is 0.704 bits per heavy atom. The molecule has 54 heavy (non-hydrogen) atoms. The quantitative estimate of drug-likeness (QED) is 0.0350. The van der Waals surface area contributed by atoms with E-state index in [1.807, 2.05) is 0 Å². The van der Waals surface area contributed by atoms with Crippen molar-refractivity contribution in [2.75, 3.05) is 13.2 Å². The topological polar surface area (TPSA) is 78.9 Å². The van der Waals surface area contributed by atoms with Gasteiger partial charge < -0.3 is 14.2 Å². The number of esters is 3. The summed E-state index contributed by atoms with van der Waals surface area (Å²) in [6.07, 6.45) is 39.5. The zero-order chi connectivity index (χ0) is 39.7. The second-order valence-corrected chi connectivity index (χ2v) is 17.1. The molecule has 0 fully saturated rings. The van der Waals surface area contributed by atoms with Gasteiger partial charge in [0.1, 0.15) is 13.2 Å². The number of hydrogen-bond acceptors (Lipinski definition) is 6. The molecule has 0 aliphatic heterocycles. The van der Waals surface area contributed by atoms with Crippen LogP contribution in [0.4, 0.5) is 0 Å². The first-order valence-electron chi connectivity index (χ1n) is 23.8. The van der Waals surface area contributed by atoms with Gasteiger partial charge in [0.25, 0.3) is 0 Å². The summed E-state index contributed by atoms with van der Waals surface area (Å²) < 4.78 is 16.7. The van der Waals surface area contributed by atoms with Crippen LogP contribution in [0.3, 0.4) is 0 Å². The molecule has 0 radical (unpaired) electrons. The van der Waals surface area contributed by atoms with Gasteiger partial charge in [-0.05, 0) is 31.1 Å². The third-order valence-corrected chi connectivity index (χ3v) is 11.1. The highest BCUT2D eigenvalue weighted by atomic mass is 16.6. The SMILES string of the molecule is CCCCCCCCCCCCCCCC(=O)O[C@@H](COC(=O)CCCCCCCCCCCCC(C)CC)COC(=O)CCCCCCCCC(C)C. The van der Waals surface area contributed by atoms with Crippen LogP contribution in [0.25, 0.3) is 0 Å². The van der Waals surface area contributed by atoms with E-state index in [0.717, 1.165) is 69.6 Å². The predicted molar refractivity (Wildman–Crippen MR) is 229 cm³/mol. The summed E-state index contributed by atoms with van der Waals surface area (Å²) in [5.74, 6) is 0.774. The van der Waals surface area contributed by atoms with Crippen LogP contribution in [0.15, 0.2) is 0 Å². The summed E-state index contributed by atoms with van der Waals surface area (Å²) in [5, 5.41) is 0. The number of carbonyl (C=O) groups is 3. The Balaban J connectivity index is 4.32. The summed E-state index contributed by atoms with van der Waals surface area (Å²) in [6, 6.07) is 0. The van der Waals surface area contributed by atoms with Crippen LogP contribution in [-0.2, 0) is 28.6 Å². The maximum Gasteiger partial charge on any atom is 0.306 e. The van der Waals surface area contributed by atoms with Crippen LogP contribution in [0.5, 0.6) is 0 Å². The Labute approximate surface area is 336 Å². The maximum absolute atomic E-state index is 12.7. The Kier molecular flexibility index (Phi) is 39.8. The number of rotatable bonds is 42. The summed E-state index contributed by atoms with van der Waals surface area (Å²) >= 11 is 0. The summed E-state index contributed by atoms with van der Waals surface area (Å²) in [7, 11) is 0. The van der Waals surface area contributed by atoms with E-state index in [1.165, 1.54) is 148 Å². The minimum atomic E-state index is -0.761. The fourth-order valence-corrected chi connectivity index (χ4v) is 7.07. The van der Waals surface area contributed by atoms with Crippen LogP contribution >= 0.6 is 0 Å². The molecular weight excluding hydrogens is 673 g/mol. The van der Waals surface area contributed by atoms with Crippen molar-refractivity contribution in [3.63, 3.8) is 0 Å². The summed E-state index contributed by atoms with van der Waals surface area (Å²) in [4.78, 5) is 37.7. The molecule has 0 aromatic carbocycles. The standard InChI is InChI=1S/C48H92O6/c1-6-8-9-10-11-12-13-14-15-20-23-30-35-40-48(51)54-45(42-53-47(50)39-34-29-25-24-26-31-36-43(3)4)41-52-46(49)38-33-28-22-19-17-16-18-21-27-32-37-44(5)7-2/h43-45H,6-42H2,1-5H3/t44?,45-/m0/s1. The van der Waals surface area contributed by atoms with Gasteiger partial charge in [-0.1, -0.05) is 221 Å². The third-order valence-electron chi connectivity index (χ3n) is 11.1. The van der Waals surface area contributed by atoms with E-state index in [9.17, 15) is 14.4 Å². The average molecular weight is 765 g/mol. The van der Waals surface area contributed by atoms with Crippen molar-refractivity contribution in [1.29, 1.82) is 0 Å². The van der Waals surface area contributed by atoms with Crippen LogP contribution in [0.1, 0.15) is 259 Å². The zero-order valence-electron chi connectivity index (χ0n) is 36.8. The van der Waals surface area contributed by atoms with Gasteiger partial charge in [-0.15, -0.1) is 0 Å². The van der Waals surface area contributed by atoms with E-state index in [1.54, 1.807) is 0 Å². The lowest BCUT2D eigenvalue weighted by Crippen LogP contribution is -2.30. The Bertz CT molecular complexity index is 826. The van der Waals surface area contributed by atoms with Gasteiger partial charge in [0, 0.05) is 19.3 Å². The van der Waals surface area contributed by atoms with Crippen molar-refractivity contribution in [2.45, 2.75) is 265 Å². The van der Waals surface area contributed by atoms with E-state index in [0.29, 0.717) is 19.3 Å². The number of hydrogen-bond donors (Lipinski definition) is 0. The Morgan fingerprint density at radius 1 is 0.389 bits per heavy atom. The lowest BCUT2D eigenvalue weighted by atomic mass is 9.99. The maximum atomic E-state index is 12.7. The molecular formula is C48H92O6. The molecule has 320 valence electrons. The first kappa shape index (κ1) is 52.4. The van der Waals surface area contributed by atoms with E-state index < -0.39 is 6.10 Å². The van der Waals surface area contributed by atoms with Crippen molar-refractivity contribution in [2.24, 2.45) is 11.8 Å². The van der Waals surface area contributed by atoms with Gasteiger partial charge >= 0.3 is 17.9 Å². The summed E-state index contributed by atoms with van der Waals surface area (Å²) in [5.41, 5.74) is 0. The molecule has 0 aromatic heterocycles. The van der Waals surface area contributed by atoms with Crippen LogP contribution in [-0.4, -0.2) is 37.2 Å². The number of unbranched alkanes of at least 4 members (excludes halogenated alkanes) is 26. The molecule has 0 aromatic rings. The highest BCUT2D eigenvalue weighted by Gasteiger charge is 2.19. The van der Waals surface area contributed by atoms with Crippen LogP contribution in [0.2, 0.25) is 0 Å². The molecule has 0 spiro atoms. The molecule has 0 N–H and O–H groups in total. The molecule has 0 aliphatic rings. The molecule has 1 unspecified atom stereocenters. The van der Waals surface area contributed by atoms with Gasteiger partial charge in [0.2, 0.25) is 0 Å². The molecule has 0 rings (SSSR count). The average Bonchev–Trinajstić information content (AvgIpc) is 3.15. The Hall–Kier alpha value is -1.59. The van der Waals surface area contributed by atoms with E-state index in [-0.39, 0.29) is 31.1 Å². The highest BCUT2D eigenvalue weighted by molar-refractivity contribution is 5.71. The van der Waals surface area contributed by atoms with Crippen molar-refractivity contribution in [3.8, 4) is 0 Å². The molecule has 0 amide bonds. The van der Waals surface area contributed by atoms with Crippen molar-refractivity contribution in [3.05, 3.63) is 0 Å². The van der Waals surface area contributed by atoms with E-state index in [2.05, 4.69) is 34.6 Å². The van der Waals surface area contributed by atoms with Gasteiger partial charge in [-0.2, -0.15) is 0 Å². The molecule has 0 saturated heterocycles. The fraction of sp³-hybridized carbons (Fsp3) is 0.938. The molecule has 2 atom stereocenters. The first-order chi connectivity index (χ1) is 26.3. The molecule has 0 saturated carbocycles. The highest BCUT2D eigenvalue weighted by Crippen LogP contribution is 2.17. The lowest BCUT2D eigenvalue weighted by Gasteiger charge is -2.18. The second-order valence-electron chi connectivity index (χ2n) is 17.1. The molecule has 6 nitrogen and oxygen atoms in total. The minimum absolute atomic E-state index is 0.0653. The monoisotopic (exact) mass is 765 g/mol. The lowest BCUT2D eigenvalue weighted by molar-refractivity contribution is -0.167. The largest absolute Gasteiger partial charge is 0.462 e. The van der Waals surface area contributed by atoms with Gasteiger partial charge in [0.15, 0.2) is 6.10 Å². The minimum Gasteiger partial charge on any atom is -0.462 e. The van der Waals surface area contributed by atoms with Gasteiger partial charge in [-0.3, -0.25) is 14.4 Å². The van der Waals surface area contributed by atoms with Crippen LogP contribution < -0.4 is 0 Å². The third kappa shape index (κ3) is 40.1. The van der Waals surface area contributed by atoms with E-state index >= 15 is 0 Å². The second kappa shape index (κ2) is 41.1. The van der Waals surface area contributed by atoms with Crippen LogP contribution in [0, 0.1) is 11.8 Å². The van der Waals surface area contributed by atoms with Gasteiger partial charge in [0.05, 0.1) is 0 Å². The summed E-state index contributed by atoms with van der Waals surface area (Å²) in [6.45, 7) is 11.3. The van der Waals surface area contributed by atoms with Gasteiger partial charge in [-0.25, -0.2) is 0 Å². The number of carbonyl (C=O) groups excluding carboxylic acids is 3. The van der Waals surface area contributed by atoms with Crippen molar-refractivity contribution in [1.82, 2.24) is 0 Å².